The van der Waals surface area contributed by atoms with Gasteiger partial charge in [0.1, 0.15) is 11.5 Å². The van der Waals surface area contributed by atoms with Crippen molar-refractivity contribution in [3.63, 3.8) is 0 Å². The minimum atomic E-state index is -4.41. The summed E-state index contributed by atoms with van der Waals surface area (Å²) < 4.78 is 39.2. The highest BCUT2D eigenvalue weighted by molar-refractivity contribution is 7.15. The predicted octanol–water partition coefficient (Wildman–Crippen LogP) is 3.33. The fraction of sp³-hybridized carbons (Fsp3) is 0.455. The summed E-state index contributed by atoms with van der Waals surface area (Å²) >= 11 is 0.585. The second-order valence-corrected chi connectivity index (χ2v) is 5.54. The van der Waals surface area contributed by atoms with E-state index in [0.717, 1.165) is 19.3 Å². The topological polar surface area (TPSA) is 56.7 Å². The van der Waals surface area contributed by atoms with Gasteiger partial charge in [-0.15, -0.1) is 11.3 Å². The van der Waals surface area contributed by atoms with Crippen molar-refractivity contribution in [2.24, 2.45) is 0 Å². The van der Waals surface area contributed by atoms with Crippen LogP contribution in [0.2, 0.25) is 0 Å². The molecule has 2 aromatic heterocycles. The van der Waals surface area contributed by atoms with Crippen LogP contribution in [-0.4, -0.2) is 14.8 Å². The molecule has 19 heavy (non-hydrogen) atoms. The number of halogens is 3. The quantitative estimate of drug-likeness (QED) is 0.922. The van der Waals surface area contributed by atoms with Gasteiger partial charge >= 0.3 is 6.18 Å². The Morgan fingerprint density at radius 2 is 2.11 bits per heavy atom. The highest BCUT2D eigenvalue weighted by Crippen LogP contribution is 2.38. The summed E-state index contributed by atoms with van der Waals surface area (Å²) in [5, 5.41) is 3.43. The van der Waals surface area contributed by atoms with Crippen molar-refractivity contribution in [1.82, 2.24) is 14.8 Å². The Bertz CT molecular complexity index is 597. The average molecular weight is 288 g/mol. The van der Waals surface area contributed by atoms with Crippen LogP contribution in [0.25, 0.3) is 10.6 Å². The van der Waals surface area contributed by atoms with Crippen molar-refractivity contribution in [1.29, 1.82) is 0 Å². The molecule has 8 heteroatoms. The first kappa shape index (κ1) is 12.5. The third-order valence-electron chi connectivity index (χ3n) is 3.19. The van der Waals surface area contributed by atoms with E-state index in [-0.39, 0.29) is 6.04 Å². The Morgan fingerprint density at radius 1 is 1.37 bits per heavy atom. The molecule has 0 spiro atoms. The first-order valence-electron chi connectivity index (χ1n) is 5.83. The lowest BCUT2D eigenvalue weighted by Crippen LogP contribution is -2.19. The van der Waals surface area contributed by atoms with E-state index in [1.807, 2.05) is 0 Å². The zero-order valence-corrected chi connectivity index (χ0v) is 10.6. The molecule has 0 unspecified atom stereocenters. The van der Waals surface area contributed by atoms with Crippen LogP contribution in [0.1, 0.15) is 30.3 Å². The largest absolute Gasteiger partial charge is 0.443 e. The minimum absolute atomic E-state index is 0.281. The second kappa shape index (κ2) is 4.22. The van der Waals surface area contributed by atoms with E-state index in [0.29, 0.717) is 27.7 Å². The fourth-order valence-corrected chi connectivity index (χ4v) is 2.72. The molecular formula is C11H11F3N4S. The summed E-state index contributed by atoms with van der Waals surface area (Å²) in [6, 6.07) is 1.88. The number of hydrogen-bond acceptors (Lipinski definition) is 4. The van der Waals surface area contributed by atoms with Gasteiger partial charge in [-0.25, -0.2) is 9.67 Å². The molecule has 1 aliphatic carbocycles. The maximum Gasteiger partial charge on any atom is 0.443 e. The number of nitrogens with two attached hydrogens (primary N) is 1. The van der Waals surface area contributed by atoms with Crippen molar-refractivity contribution in [2.75, 3.05) is 5.73 Å². The molecule has 1 fully saturated rings. The van der Waals surface area contributed by atoms with E-state index in [2.05, 4.69) is 10.1 Å². The van der Waals surface area contributed by atoms with E-state index in [9.17, 15) is 13.2 Å². The number of anilines is 1. The summed E-state index contributed by atoms with van der Waals surface area (Å²) in [4.78, 5) is 3.77. The Hall–Kier alpha value is -1.57. The molecule has 0 saturated heterocycles. The van der Waals surface area contributed by atoms with Crippen LogP contribution in [0.5, 0.6) is 0 Å². The van der Waals surface area contributed by atoms with Gasteiger partial charge in [-0.3, -0.25) is 0 Å². The molecule has 4 nitrogen and oxygen atoms in total. The average Bonchev–Trinajstić information content (AvgIpc) is 2.82. The lowest BCUT2D eigenvalue weighted by molar-refractivity contribution is -0.137. The summed E-state index contributed by atoms with van der Waals surface area (Å²) in [5.41, 5.74) is 6.30. The van der Waals surface area contributed by atoms with Crippen LogP contribution >= 0.6 is 11.3 Å². The van der Waals surface area contributed by atoms with Gasteiger partial charge in [0.25, 0.3) is 0 Å². The first-order chi connectivity index (χ1) is 8.95. The highest BCUT2D eigenvalue weighted by Gasteiger charge is 2.35. The van der Waals surface area contributed by atoms with Crippen molar-refractivity contribution >= 4 is 17.2 Å². The van der Waals surface area contributed by atoms with Gasteiger partial charge in [-0.05, 0) is 19.3 Å². The van der Waals surface area contributed by atoms with Crippen LogP contribution < -0.4 is 5.73 Å². The predicted molar refractivity (Wildman–Crippen MR) is 65.6 cm³/mol. The maximum atomic E-state index is 12.5. The summed E-state index contributed by atoms with van der Waals surface area (Å²) in [6.45, 7) is 0. The van der Waals surface area contributed by atoms with Gasteiger partial charge < -0.3 is 5.73 Å². The first-order valence-corrected chi connectivity index (χ1v) is 6.65. The molecule has 3 rings (SSSR count). The number of aromatic nitrogens is 3. The lowest BCUT2D eigenvalue weighted by Gasteiger charge is -2.26. The molecule has 1 aliphatic rings. The number of nitrogens with zero attached hydrogens (tertiary/aromatic N) is 3. The molecule has 102 valence electrons. The molecule has 2 aromatic rings. The Balaban J connectivity index is 1.92. The SMILES string of the molecule is Nc1cc(-c2cnc(C(F)(F)F)s2)nn1C1CCC1. The molecule has 1 saturated carbocycles. The maximum absolute atomic E-state index is 12.5. The number of alkyl halides is 3. The van der Waals surface area contributed by atoms with E-state index in [1.165, 1.54) is 6.20 Å². The van der Waals surface area contributed by atoms with Crippen molar-refractivity contribution < 1.29 is 13.2 Å². The molecule has 0 aromatic carbocycles. The standard InChI is InChI=1S/C11H11F3N4S/c12-11(13,14)10-16-5-8(19-10)7-4-9(15)18(17-7)6-2-1-3-6/h4-6H,1-3,15H2. The summed E-state index contributed by atoms with van der Waals surface area (Å²) in [6.07, 6.45) is -0.0485. The molecule has 0 amide bonds. The normalized spacial score (nSPS) is 16.6. The van der Waals surface area contributed by atoms with Crippen LogP contribution in [0.3, 0.4) is 0 Å². The molecular weight excluding hydrogens is 277 g/mol. The number of rotatable bonds is 2. The Morgan fingerprint density at radius 3 is 2.63 bits per heavy atom. The smallest absolute Gasteiger partial charge is 0.384 e. The number of thiazole rings is 1. The number of nitrogen functional groups attached to an aromatic ring is 1. The van der Waals surface area contributed by atoms with E-state index in [4.69, 9.17) is 5.73 Å². The highest BCUT2D eigenvalue weighted by atomic mass is 32.1. The van der Waals surface area contributed by atoms with Crippen LogP contribution in [0.15, 0.2) is 12.3 Å². The molecule has 0 bridgehead atoms. The van der Waals surface area contributed by atoms with Crippen LogP contribution in [-0.2, 0) is 6.18 Å². The van der Waals surface area contributed by atoms with Crippen LogP contribution in [0, 0.1) is 0 Å². The minimum Gasteiger partial charge on any atom is -0.384 e. The molecule has 0 aliphatic heterocycles. The summed E-state index contributed by atoms with van der Waals surface area (Å²) in [7, 11) is 0. The van der Waals surface area contributed by atoms with Gasteiger partial charge in [0.05, 0.1) is 10.9 Å². The number of hydrogen-bond donors (Lipinski definition) is 1. The molecule has 2 N–H and O–H groups in total. The molecule has 0 atom stereocenters. The van der Waals surface area contributed by atoms with Crippen LogP contribution in [0.4, 0.5) is 19.0 Å². The Kier molecular flexibility index (Phi) is 2.77. The summed E-state index contributed by atoms with van der Waals surface area (Å²) in [5.74, 6) is 0.488. The van der Waals surface area contributed by atoms with Gasteiger partial charge in [0.15, 0.2) is 5.01 Å². The third-order valence-corrected chi connectivity index (χ3v) is 4.25. The monoisotopic (exact) mass is 288 g/mol. The fourth-order valence-electron chi connectivity index (χ4n) is 1.98. The van der Waals surface area contributed by atoms with Gasteiger partial charge in [0, 0.05) is 12.3 Å². The van der Waals surface area contributed by atoms with Gasteiger partial charge in [-0.2, -0.15) is 18.3 Å². The van der Waals surface area contributed by atoms with E-state index >= 15 is 0 Å². The van der Waals surface area contributed by atoms with Gasteiger partial charge in [0.2, 0.25) is 0 Å². The van der Waals surface area contributed by atoms with Crippen molar-refractivity contribution in [2.45, 2.75) is 31.5 Å². The van der Waals surface area contributed by atoms with E-state index in [1.54, 1.807) is 10.7 Å². The van der Waals surface area contributed by atoms with Crippen molar-refractivity contribution in [3.8, 4) is 10.6 Å². The zero-order chi connectivity index (χ0) is 13.6. The third kappa shape index (κ3) is 2.20. The molecule has 2 heterocycles. The lowest BCUT2D eigenvalue weighted by atomic mass is 9.93. The Labute approximate surface area is 111 Å². The van der Waals surface area contributed by atoms with E-state index < -0.39 is 11.2 Å². The zero-order valence-electron chi connectivity index (χ0n) is 9.81. The van der Waals surface area contributed by atoms with Gasteiger partial charge in [-0.1, -0.05) is 0 Å². The second-order valence-electron chi connectivity index (χ2n) is 4.51. The van der Waals surface area contributed by atoms with Crippen molar-refractivity contribution in [3.05, 3.63) is 17.3 Å². The molecule has 0 radical (unpaired) electrons.